The van der Waals surface area contributed by atoms with E-state index in [-0.39, 0.29) is 28.4 Å². The first-order chi connectivity index (χ1) is 12.7. The van der Waals surface area contributed by atoms with E-state index in [4.69, 9.17) is 0 Å². The number of fused-ring (bicyclic) bond motifs is 3. The van der Waals surface area contributed by atoms with Crippen molar-refractivity contribution >= 4 is 44.6 Å². The van der Waals surface area contributed by atoms with Gasteiger partial charge in [0.05, 0.1) is 31.8 Å². The first-order valence-corrected chi connectivity index (χ1v) is 7.38. The fourth-order valence-electron chi connectivity index (χ4n) is 3.10. The molecular weight excluding hydrogens is 366 g/mol. The summed E-state index contributed by atoms with van der Waals surface area (Å²) in [6, 6.07) is 3.55. The van der Waals surface area contributed by atoms with E-state index in [0.717, 1.165) is 24.3 Å². The predicted octanol–water partition coefficient (Wildman–Crippen LogP) is 3.45. The minimum Gasteiger partial charge on any atom is -0.330 e. The highest BCUT2D eigenvalue weighted by atomic mass is 16.6. The van der Waals surface area contributed by atoms with Gasteiger partial charge in [0.2, 0.25) is 0 Å². The molecule has 1 heterocycles. The minimum atomic E-state index is -0.840. The topological polar surface area (TPSA) is 177 Å². The van der Waals surface area contributed by atoms with E-state index in [9.17, 15) is 40.5 Å². The van der Waals surface area contributed by atoms with Gasteiger partial charge in [-0.2, -0.15) is 0 Å². The van der Waals surface area contributed by atoms with Gasteiger partial charge >= 0.3 is 0 Å². The molecule has 3 rings (SSSR count). The van der Waals surface area contributed by atoms with E-state index in [0.29, 0.717) is 0 Å². The zero-order valence-corrected chi connectivity index (χ0v) is 13.5. The van der Waals surface area contributed by atoms with Gasteiger partial charge in [0, 0.05) is 29.4 Å². The maximum Gasteiger partial charge on any atom is 0.300 e. The lowest BCUT2D eigenvalue weighted by Gasteiger charge is -2.04. The van der Waals surface area contributed by atoms with Gasteiger partial charge in [-0.25, -0.2) is 0 Å². The van der Waals surface area contributed by atoms with Crippen LogP contribution in [0, 0.1) is 40.5 Å². The summed E-state index contributed by atoms with van der Waals surface area (Å²) in [5, 5.41) is 45.1. The molecule has 13 heteroatoms. The Kier molecular flexibility index (Phi) is 3.91. The van der Waals surface area contributed by atoms with Crippen LogP contribution in [-0.2, 0) is 6.54 Å². The van der Waals surface area contributed by atoms with E-state index >= 15 is 0 Å². The van der Waals surface area contributed by atoms with Crippen LogP contribution in [0.3, 0.4) is 0 Å². The lowest BCUT2D eigenvalue weighted by Crippen LogP contribution is -2.01. The van der Waals surface area contributed by atoms with Gasteiger partial charge in [0.15, 0.2) is 0 Å². The van der Waals surface area contributed by atoms with Crippen LogP contribution >= 0.6 is 0 Å². The first kappa shape index (κ1) is 17.7. The summed E-state index contributed by atoms with van der Waals surface area (Å²) in [5.74, 6) is 0. The fraction of sp³-hybridized carbons (Fsp3) is 0.143. The van der Waals surface area contributed by atoms with Crippen LogP contribution in [0.1, 0.15) is 6.92 Å². The van der Waals surface area contributed by atoms with Crippen LogP contribution in [0.5, 0.6) is 0 Å². The third kappa shape index (κ3) is 2.57. The third-order valence-electron chi connectivity index (χ3n) is 4.11. The number of nitro groups is 4. The SMILES string of the molecule is CCn1c2c([N+](=O)[O-])cc([N+](=O)[O-])cc2c2cc([N+](=O)[O-])cc([N+](=O)[O-])c21. The van der Waals surface area contributed by atoms with Crippen LogP contribution in [0.4, 0.5) is 22.7 Å². The Hall–Kier alpha value is -4.16. The van der Waals surface area contributed by atoms with Crippen LogP contribution in [0.25, 0.3) is 21.8 Å². The average molecular weight is 375 g/mol. The van der Waals surface area contributed by atoms with Crippen molar-refractivity contribution in [3.05, 3.63) is 64.7 Å². The molecule has 0 spiro atoms. The summed E-state index contributed by atoms with van der Waals surface area (Å²) in [5.41, 5.74) is -2.58. The molecule has 13 nitrogen and oxygen atoms in total. The molecule has 0 bridgehead atoms. The maximum absolute atomic E-state index is 11.5. The highest BCUT2D eigenvalue weighted by molar-refractivity contribution is 6.15. The van der Waals surface area contributed by atoms with E-state index in [2.05, 4.69) is 0 Å². The van der Waals surface area contributed by atoms with E-state index < -0.39 is 42.4 Å². The average Bonchev–Trinajstić information content (AvgIpc) is 2.93. The quantitative estimate of drug-likeness (QED) is 0.480. The summed E-state index contributed by atoms with van der Waals surface area (Å²) >= 11 is 0. The molecule has 0 amide bonds. The lowest BCUT2D eigenvalue weighted by molar-refractivity contribution is -0.393. The number of benzene rings is 2. The maximum atomic E-state index is 11.5. The molecule has 0 unspecified atom stereocenters. The number of hydrogen-bond donors (Lipinski definition) is 0. The molecule has 0 aliphatic carbocycles. The van der Waals surface area contributed by atoms with Crippen molar-refractivity contribution < 1.29 is 19.7 Å². The Morgan fingerprint density at radius 1 is 0.704 bits per heavy atom. The van der Waals surface area contributed by atoms with Crippen LogP contribution in [0.2, 0.25) is 0 Å². The van der Waals surface area contributed by atoms with Crippen molar-refractivity contribution in [2.75, 3.05) is 0 Å². The highest BCUT2D eigenvalue weighted by Gasteiger charge is 2.30. The van der Waals surface area contributed by atoms with Crippen molar-refractivity contribution in [1.29, 1.82) is 0 Å². The van der Waals surface area contributed by atoms with Crippen LogP contribution in [0.15, 0.2) is 24.3 Å². The molecule has 3 aromatic rings. The van der Waals surface area contributed by atoms with Crippen molar-refractivity contribution in [2.24, 2.45) is 0 Å². The molecule has 0 N–H and O–H groups in total. The molecule has 0 aliphatic heterocycles. The Morgan fingerprint density at radius 3 is 1.33 bits per heavy atom. The molecular formula is C14H9N5O8. The molecule has 1 aromatic heterocycles. The van der Waals surface area contributed by atoms with E-state index in [1.165, 1.54) is 4.57 Å². The first-order valence-electron chi connectivity index (χ1n) is 7.38. The zero-order valence-electron chi connectivity index (χ0n) is 13.5. The molecule has 2 aromatic carbocycles. The molecule has 27 heavy (non-hydrogen) atoms. The molecule has 0 radical (unpaired) electrons. The largest absolute Gasteiger partial charge is 0.330 e. The predicted molar refractivity (Wildman–Crippen MR) is 91.7 cm³/mol. The number of nitro benzene ring substituents is 4. The van der Waals surface area contributed by atoms with Gasteiger partial charge in [-0.05, 0) is 6.92 Å². The van der Waals surface area contributed by atoms with Gasteiger partial charge in [-0.15, -0.1) is 0 Å². The summed E-state index contributed by atoms with van der Waals surface area (Å²) in [7, 11) is 0. The second kappa shape index (κ2) is 5.98. The van der Waals surface area contributed by atoms with Crippen LogP contribution < -0.4 is 0 Å². The van der Waals surface area contributed by atoms with Gasteiger partial charge in [-0.1, -0.05) is 0 Å². The standard InChI is InChI=1S/C14H9N5O8/c1-2-15-13-9(3-7(16(20)21)5-11(13)18(24)25)10-4-8(17(22)23)6-12(14(10)15)19(26)27/h3-6H,2H2,1H3. The Labute approximate surface area is 148 Å². The van der Waals surface area contributed by atoms with Gasteiger partial charge in [-0.3, -0.25) is 40.5 Å². The molecule has 0 saturated carbocycles. The highest BCUT2D eigenvalue weighted by Crippen LogP contribution is 2.42. The number of nitrogens with zero attached hydrogens (tertiary/aromatic N) is 5. The number of aromatic nitrogens is 1. The monoisotopic (exact) mass is 375 g/mol. The smallest absolute Gasteiger partial charge is 0.300 e. The number of non-ortho nitro benzene ring substituents is 4. The van der Waals surface area contributed by atoms with Crippen molar-refractivity contribution in [2.45, 2.75) is 13.5 Å². The van der Waals surface area contributed by atoms with Gasteiger partial charge in [0.25, 0.3) is 22.7 Å². The Balaban J connectivity index is 2.68. The van der Waals surface area contributed by atoms with Crippen molar-refractivity contribution in [3.63, 3.8) is 0 Å². The Morgan fingerprint density at radius 2 is 1.07 bits per heavy atom. The Bertz CT molecular complexity index is 1090. The summed E-state index contributed by atoms with van der Waals surface area (Å²) in [6.07, 6.45) is 0. The van der Waals surface area contributed by atoms with Gasteiger partial charge in [0.1, 0.15) is 11.0 Å². The number of rotatable bonds is 5. The van der Waals surface area contributed by atoms with Gasteiger partial charge < -0.3 is 4.57 Å². The molecule has 0 fully saturated rings. The molecule has 0 saturated heterocycles. The second-order valence-electron chi connectivity index (χ2n) is 5.49. The van der Waals surface area contributed by atoms with Crippen molar-refractivity contribution in [3.8, 4) is 0 Å². The fourth-order valence-corrected chi connectivity index (χ4v) is 3.10. The molecule has 0 aliphatic rings. The summed E-state index contributed by atoms with van der Waals surface area (Å²) in [6.45, 7) is 1.65. The van der Waals surface area contributed by atoms with E-state index in [1.54, 1.807) is 6.92 Å². The minimum absolute atomic E-state index is 0.0421. The summed E-state index contributed by atoms with van der Waals surface area (Å²) < 4.78 is 1.26. The van der Waals surface area contributed by atoms with E-state index in [1.807, 2.05) is 0 Å². The second-order valence-corrected chi connectivity index (χ2v) is 5.49. The zero-order chi connectivity index (χ0) is 20.0. The summed E-state index contributed by atoms with van der Waals surface area (Å²) in [4.78, 5) is 41.9. The molecule has 0 atom stereocenters. The normalized spacial score (nSPS) is 11.0. The van der Waals surface area contributed by atoms with Crippen molar-refractivity contribution in [1.82, 2.24) is 4.57 Å². The lowest BCUT2D eigenvalue weighted by atomic mass is 10.1. The number of hydrogen-bond acceptors (Lipinski definition) is 8. The van der Waals surface area contributed by atoms with Crippen LogP contribution in [-0.4, -0.2) is 24.3 Å². The number of aryl methyl sites for hydroxylation is 1. The third-order valence-corrected chi connectivity index (χ3v) is 4.11. The molecule has 138 valence electrons.